The highest BCUT2D eigenvalue weighted by atomic mass is 16.5. The predicted molar refractivity (Wildman–Crippen MR) is 74.6 cm³/mol. The Morgan fingerprint density at radius 3 is 2.47 bits per heavy atom. The minimum atomic E-state index is -0.0529. The molecule has 17 heavy (non-hydrogen) atoms. The van der Waals surface area contributed by atoms with Crippen molar-refractivity contribution in [1.29, 1.82) is 0 Å². The molecule has 0 atom stereocenters. The third-order valence-corrected chi connectivity index (χ3v) is 2.72. The zero-order chi connectivity index (χ0) is 13.5. The van der Waals surface area contributed by atoms with Crippen LogP contribution in [0.2, 0.25) is 0 Å². The summed E-state index contributed by atoms with van der Waals surface area (Å²) in [7, 11) is 1.71. The second-order valence-electron chi connectivity index (χ2n) is 4.79. The molecule has 0 spiro atoms. The van der Waals surface area contributed by atoms with Crippen LogP contribution in [0.15, 0.2) is 41.9 Å². The van der Waals surface area contributed by atoms with Gasteiger partial charge in [-0.1, -0.05) is 33.9 Å². The van der Waals surface area contributed by atoms with Gasteiger partial charge in [-0.3, -0.25) is 0 Å². The van der Waals surface area contributed by atoms with Gasteiger partial charge in [0.25, 0.3) is 0 Å². The monoisotopic (exact) mass is 235 g/mol. The lowest BCUT2D eigenvalue weighted by Gasteiger charge is -2.25. The Morgan fingerprint density at radius 1 is 1.47 bits per heavy atom. The van der Waals surface area contributed by atoms with Crippen molar-refractivity contribution >= 4 is 0 Å². The van der Waals surface area contributed by atoms with Gasteiger partial charge in [-0.2, -0.15) is 0 Å². The van der Waals surface area contributed by atoms with E-state index in [9.17, 15) is 0 Å². The second kappa shape index (κ2) is 7.16. The zero-order valence-electron chi connectivity index (χ0n) is 11.8. The highest BCUT2D eigenvalue weighted by Gasteiger charge is 2.20. The molecule has 0 radical (unpaired) electrons. The van der Waals surface area contributed by atoms with E-state index in [2.05, 4.69) is 51.1 Å². The summed E-state index contributed by atoms with van der Waals surface area (Å²) in [6.45, 7) is 16.7. The van der Waals surface area contributed by atoms with Crippen LogP contribution >= 0.6 is 0 Å². The molecule has 0 bridgehead atoms. The van der Waals surface area contributed by atoms with Gasteiger partial charge >= 0.3 is 0 Å². The molecule has 0 aliphatic carbocycles. The van der Waals surface area contributed by atoms with Crippen LogP contribution in [0.5, 0.6) is 0 Å². The molecular weight excluding hydrogens is 210 g/mol. The van der Waals surface area contributed by atoms with Gasteiger partial charge in [-0.05, 0) is 25.0 Å². The van der Waals surface area contributed by atoms with E-state index in [0.717, 1.165) is 23.4 Å². The largest absolute Gasteiger partial charge is 0.384 e. The molecule has 1 N–H and O–H groups in total. The molecule has 0 rings (SSSR count). The first-order valence-electron chi connectivity index (χ1n) is 5.90. The average Bonchev–Trinajstić information content (AvgIpc) is 2.27. The van der Waals surface area contributed by atoms with E-state index in [1.165, 1.54) is 0 Å². The van der Waals surface area contributed by atoms with Crippen molar-refractivity contribution in [3.8, 4) is 0 Å². The third-order valence-electron chi connectivity index (χ3n) is 2.72. The lowest BCUT2D eigenvalue weighted by molar-refractivity contribution is 0.128. The van der Waals surface area contributed by atoms with Crippen molar-refractivity contribution in [2.24, 2.45) is 5.41 Å². The van der Waals surface area contributed by atoms with E-state index in [-0.39, 0.29) is 5.41 Å². The van der Waals surface area contributed by atoms with Gasteiger partial charge in [0.1, 0.15) is 0 Å². The highest BCUT2D eigenvalue weighted by molar-refractivity contribution is 5.27. The highest BCUT2D eigenvalue weighted by Crippen LogP contribution is 2.27. The number of hydrogen-bond donors (Lipinski definition) is 1. The molecule has 0 fully saturated rings. The minimum absolute atomic E-state index is 0.0529. The summed E-state index contributed by atoms with van der Waals surface area (Å²) in [5, 5.41) is 3.26. The molecule has 0 heterocycles. The fourth-order valence-corrected chi connectivity index (χ4v) is 1.37. The zero-order valence-corrected chi connectivity index (χ0v) is 11.8. The summed E-state index contributed by atoms with van der Waals surface area (Å²) >= 11 is 0. The molecule has 96 valence electrons. The van der Waals surface area contributed by atoms with E-state index in [1.807, 2.05) is 6.92 Å². The normalized spacial score (nSPS) is 11.9. The first-order chi connectivity index (χ1) is 7.87. The van der Waals surface area contributed by atoms with Gasteiger partial charge < -0.3 is 10.1 Å². The summed E-state index contributed by atoms with van der Waals surface area (Å²) in [6.07, 6.45) is 3.00. The quantitative estimate of drug-likeness (QED) is 0.535. The van der Waals surface area contributed by atoms with Crippen LogP contribution in [0.25, 0.3) is 0 Å². The Morgan fingerprint density at radius 2 is 2.06 bits per heavy atom. The van der Waals surface area contributed by atoms with E-state index < -0.39 is 0 Å². The van der Waals surface area contributed by atoms with Crippen LogP contribution < -0.4 is 5.32 Å². The molecule has 2 heteroatoms. The number of hydrogen-bond acceptors (Lipinski definition) is 2. The maximum absolute atomic E-state index is 5.21. The summed E-state index contributed by atoms with van der Waals surface area (Å²) in [6, 6.07) is 0. The topological polar surface area (TPSA) is 21.3 Å². The van der Waals surface area contributed by atoms with Gasteiger partial charge in [-0.25, -0.2) is 0 Å². The summed E-state index contributed by atoms with van der Waals surface area (Å²) < 4.78 is 5.21. The van der Waals surface area contributed by atoms with Crippen LogP contribution in [0.3, 0.4) is 0 Å². The Bertz CT molecular complexity index is 344. The van der Waals surface area contributed by atoms with Crippen LogP contribution in [0, 0.1) is 5.41 Å². The number of ether oxygens (including phenoxy) is 1. The lowest BCUT2D eigenvalue weighted by Crippen LogP contribution is -2.21. The fourth-order valence-electron chi connectivity index (χ4n) is 1.37. The number of methoxy groups -OCH3 is 1. The summed E-state index contributed by atoms with van der Waals surface area (Å²) in [5.41, 5.74) is 5.88. The Hall–Kier alpha value is -1.24. The van der Waals surface area contributed by atoms with Gasteiger partial charge in [0, 0.05) is 18.2 Å². The van der Waals surface area contributed by atoms with Crippen LogP contribution in [0.4, 0.5) is 0 Å². The molecular formula is C15H25NO. The molecule has 2 nitrogen and oxygen atoms in total. The van der Waals surface area contributed by atoms with Gasteiger partial charge in [0.15, 0.2) is 0 Å². The smallest absolute Gasteiger partial charge is 0.0553 e. The van der Waals surface area contributed by atoms with Gasteiger partial charge in [0.2, 0.25) is 0 Å². The van der Waals surface area contributed by atoms with Crippen molar-refractivity contribution in [2.75, 3.05) is 13.7 Å². The molecule has 0 aromatic rings. The predicted octanol–water partition coefficient (Wildman–Crippen LogP) is 3.79. The van der Waals surface area contributed by atoms with Crippen LogP contribution in [0.1, 0.15) is 34.1 Å². The van der Waals surface area contributed by atoms with Crippen molar-refractivity contribution in [2.45, 2.75) is 34.1 Å². The Balaban J connectivity index is 4.84. The average molecular weight is 235 g/mol. The van der Waals surface area contributed by atoms with Gasteiger partial charge in [0.05, 0.1) is 12.3 Å². The molecule has 0 aromatic heterocycles. The van der Waals surface area contributed by atoms with E-state index >= 15 is 0 Å². The number of allylic oxidation sites excluding steroid dienone is 3. The van der Waals surface area contributed by atoms with Crippen LogP contribution in [-0.4, -0.2) is 13.7 Å². The van der Waals surface area contributed by atoms with Crippen molar-refractivity contribution in [1.82, 2.24) is 5.32 Å². The molecule has 0 aliphatic heterocycles. The number of nitrogens with one attached hydrogen (secondary N) is 1. The third kappa shape index (κ3) is 5.58. The minimum Gasteiger partial charge on any atom is -0.384 e. The maximum atomic E-state index is 5.21. The van der Waals surface area contributed by atoms with Crippen LogP contribution in [-0.2, 0) is 4.74 Å². The SMILES string of the molecule is C=C=C(C)N/C(=C/C(=C)C(C)(C)COC)CC. The molecule has 0 saturated carbocycles. The molecule has 0 aliphatic rings. The maximum Gasteiger partial charge on any atom is 0.0553 e. The summed E-state index contributed by atoms with van der Waals surface area (Å²) in [5.74, 6) is 0. The molecule has 0 saturated heterocycles. The Kier molecular flexibility index (Phi) is 6.64. The molecule has 0 aromatic carbocycles. The molecule has 0 unspecified atom stereocenters. The Labute approximate surface area is 106 Å². The second-order valence-corrected chi connectivity index (χ2v) is 4.79. The van der Waals surface area contributed by atoms with E-state index in [4.69, 9.17) is 4.74 Å². The van der Waals surface area contributed by atoms with Crippen molar-refractivity contribution in [3.63, 3.8) is 0 Å². The molecule has 0 amide bonds. The van der Waals surface area contributed by atoms with Crippen molar-refractivity contribution < 1.29 is 4.74 Å². The first kappa shape index (κ1) is 15.8. The van der Waals surface area contributed by atoms with E-state index in [0.29, 0.717) is 6.61 Å². The summed E-state index contributed by atoms with van der Waals surface area (Å²) in [4.78, 5) is 0. The van der Waals surface area contributed by atoms with E-state index in [1.54, 1.807) is 7.11 Å². The van der Waals surface area contributed by atoms with Gasteiger partial charge in [-0.15, -0.1) is 5.73 Å². The first-order valence-corrected chi connectivity index (χ1v) is 5.90. The number of rotatable bonds is 7. The van der Waals surface area contributed by atoms with Crippen molar-refractivity contribution in [3.05, 3.63) is 41.9 Å². The lowest BCUT2D eigenvalue weighted by atomic mass is 9.85. The standard InChI is InChI=1S/C15H25NO/c1-8-13(4)16-14(9-2)10-12(3)15(5,6)11-17-7/h10,16H,1,3,9,11H2,2,4-7H3/b14-10+. The fraction of sp³-hybridized carbons (Fsp3) is 0.533.